The van der Waals surface area contributed by atoms with Gasteiger partial charge in [-0.05, 0) is 36.8 Å². The molecule has 12 heteroatoms. The number of nitrogens with one attached hydrogen (secondary N) is 1. The van der Waals surface area contributed by atoms with E-state index in [4.69, 9.17) is 9.47 Å². The van der Waals surface area contributed by atoms with E-state index < -0.39 is 40.7 Å². The van der Waals surface area contributed by atoms with Crippen molar-refractivity contribution in [2.75, 3.05) is 30.4 Å². The molecule has 1 atom stereocenters. The first-order valence-electron chi connectivity index (χ1n) is 8.78. The van der Waals surface area contributed by atoms with Crippen molar-refractivity contribution in [1.82, 2.24) is 0 Å². The fourth-order valence-electron chi connectivity index (χ4n) is 3.13. The van der Waals surface area contributed by atoms with Crippen LogP contribution in [0.3, 0.4) is 0 Å². The third kappa shape index (κ3) is 4.55. The highest BCUT2D eigenvalue weighted by molar-refractivity contribution is 7.96. The molecule has 0 radical (unpaired) electrons. The van der Waals surface area contributed by atoms with Gasteiger partial charge in [-0.15, -0.1) is 0 Å². The van der Waals surface area contributed by atoms with Crippen molar-refractivity contribution in [3.63, 3.8) is 0 Å². The van der Waals surface area contributed by atoms with Gasteiger partial charge in [0.2, 0.25) is 0 Å². The van der Waals surface area contributed by atoms with Gasteiger partial charge in [-0.2, -0.15) is 0 Å². The summed E-state index contributed by atoms with van der Waals surface area (Å²) < 4.78 is 87.1. The van der Waals surface area contributed by atoms with Crippen molar-refractivity contribution in [3.05, 3.63) is 42.5 Å². The summed E-state index contributed by atoms with van der Waals surface area (Å²) in [6.45, 7) is 0. The van der Waals surface area contributed by atoms with Gasteiger partial charge in [-0.25, -0.2) is 25.3 Å². The van der Waals surface area contributed by atoms with Gasteiger partial charge in [0.25, 0.3) is 10.0 Å². The average molecular weight is 476 g/mol. The largest absolute Gasteiger partial charge is 0.493 e. The molecule has 1 fully saturated rings. The van der Waals surface area contributed by atoms with Gasteiger partial charge in [0.15, 0.2) is 31.2 Å². The van der Waals surface area contributed by atoms with Crippen LogP contribution in [0.2, 0.25) is 0 Å². The zero-order valence-corrected chi connectivity index (χ0v) is 18.7. The maximum Gasteiger partial charge on any atom is 0.261 e. The number of hydrogen-bond donors (Lipinski definition) is 1. The molecule has 2 aromatic carbocycles. The zero-order chi connectivity index (χ0) is 22.2. The van der Waals surface area contributed by atoms with Crippen molar-refractivity contribution in [2.45, 2.75) is 21.5 Å². The molecule has 0 amide bonds. The van der Waals surface area contributed by atoms with Crippen molar-refractivity contribution < 1.29 is 34.7 Å². The normalized spacial score (nSPS) is 18.7. The minimum absolute atomic E-state index is 0.00840. The Morgan fingerprint density at radius 3 is 2.20 bits per heavy atom. The van der Waals surface area contributed by atoms with Crippen LogP contribution < -0.4 is 14.2 Å². The van der Waals surface area contributed by atoms with E-state index >= 15 is 0 Å². The molecule has 3 rings (SSSR count). The van der Waals surface area contributed by atoms with Gasteiger partial charge in [-0.1, -0.05) is 6.07 Å². The number of methoxy groups -OCH3 is 2. The Hall–Kier alpha value is -2.31. The lowest BCUT2D eigenvalue weighted by Crippen LogP contribution is -2.23. The van der Waals surface area contributed by atoms with Crippen molar-refractivity contribution in [1.29, 1.82) is 0 Å². The van der Waals surface area contributed by atoms with E-state index in [0.29, 0.717) is 11.5 Å². The van der Waals surface area contributed by atoms with Gasteiger partial charge in [0.05, 0.1) is 46.5 Å². The molecular weight excluding hydrogens is 454 g/mol. The summed E-state index contributed by atoms with van der Waals surface area (Å²) in [4.78, 5) is -0.501. The summed E-state index contributed by atoms with van der Waals surface area (Å²) >= 11 is 0. The topological polar surface area (TPSA) is 133 Å². The predicted molar refractivity (Wildman–Crippen MR) is 111 cm³/mol. The first-order chi connectivity index (χ1) is 14.0. The lowest BCUT2D eigenvalue weighted by molar-refractivity contribution is 0.355. The molecule has 30 heavy (non-hydrogen) atoms. The van der Waals surface area contributed by atoms with Crippen molar-refractivity contribution in [3.8, 4) is 11.5 Å². The molecule has 1 aliphatic heterocycles. The number of sulfone groups is 2. The first kappa shape index (κ1) is 22.4. The summed E-state index contributed by atoms with van der Waals surface area (Å²) in [5.41, 5.74) is 0.197. The van der Waals surface area contributed by atoms with Gasteiger partial charge >= 0.3 is 0 Å². The van der Waals surface area contributed by atoms with E-state index in [1.54, 1.807) is 0 Å². The molecule has 0 saturated carbocycles. The molecule has 1 aliphatic rings. The molecule has 1 heterocycles. The molecule has 0 aromatic heterocycles. The van der Waals surface area contributed by atoms with Crippen LogP contribution in [-0.4, -0.2) is 56.2 Å². The van der Waals surface area contributed by atoms with Crippen LogP contribution in [0.5, 0.6) is 11.5 Å². The summed E-state index contributed by atoms with van der Waals surface area (Å²) in [6, 6.07) is 9.29. The minimum Gasteiger partial charge on any atom is -0.493 e. The van der Waals surface area contributed by atoms with Crippen LogP contribution >= 0.6 is 0 Å². The Kier molecular flexibility index (Phi) is 6.03. The molecule has 1 saturated heterocycles. The molecular formula is C18H21NO8S3. The number of rotatable bonds is 7. The van der Waals surface area contributed by atoms with E-state index in [-0.39, 0.29) is 27.7 Å². The van der Waals surface area contributed by atoms with Crippen LogP contribution in [0, 0.1) is 0 Å². The van der Waals surface area contributed by atoms with Crippen LogP contribution in [0.15, 0.2) is 52.3 Å². The molecule has 1 N–H and O–H groups in total. The summed E-state index contributed by atoms with van der Waals surface area (Å²) in [5, 5.41) is -1.08. The van der Waals surface area contributed by atoms with E-state index in [0.717, 1.165) is 6.07 Å². The van der Waals surface area contributed by atoms with Gasteiger partial charge in [0.1, 0.15) is 0 Å². The van der Waals surface area contributed by atoms with Crippen molar-refractivity contribution >= 4 is 35.4 Å². The number of ether oxygens (including phenoxy) is 2. The zero-order valence-electron chi connectivity index (χ0n) is 16.2. The molecule has 0 bridgehead atoms. The van der Waals surface area contributed by atoms with Crippen LogP contribution in [-0.2, 0) is 29.7 Å². The fourth-order valence-corrected chi connectivity index (χ4v) is 8.70. The molecule has 0 spiro atoms. The molecule has 9 nitrogen and oxygen atoms in total. The van der Waals surface area contributed by atoms with Crippen molar-refractivity contribution in [2.24, 2.45) is 0 Å². The Labute approximate surface area is 175 Å². The second kappa shape index (κ2) is 8.08. The lowest BCUT2D eigenvalue weighted by Gasteiger charge is -2.14. The number of anilines is 1. The highest BCUT2D eigenvalue weighted by Gasteiger charge is 2.38. The van der Waals surface area contributed by atoms with E-state index in [2.05, 4.69) is 4.72 Å². The van der Waals surface area contributed by atoms with E-state index in [1.165, 1.54) is 50.6 Å². The highest BCUT2D eigenvalue weighted by Crippen LogP contribution is 2.31. The third-order valence-corrected chi connectivity index (χ3v) is 10.3. The predicted octanol–water partition coefficient (Wildman–Crippen LogP) is 1.47. The molecule has 164 valence electrons. The SMILES string of the molecule is COc1ccc(NS(=O)(=O)c2cccc(S(=O)(=O)C3CCS(=O)(=O)C3)c2)cc1OC. The molecule has 0 aliphatic carbocycles. The Bertz CT molecular complexity index is 1270. The van der Waals surface area contributed by atoms with E-state index in [1.807, 2.05) is 0 Å². The van der Waals surface area contributed by atoms with Gasteiger partial charge in [0, 0.05) is 6.07 Å². The Balaban J connectivity index is 1.91. The quantitative estimate of drug-likeness (QED) is 0.636. The first-order valence-corrected chi connectivity index (χ1v) is 13.6. The Morgan fingerprint density at radius 1 is 0.933 bits per heavy atom. The van der Waals surface area contributed by atoms with Crippen LogP contribution in [0.4, 0.5) is 5.69 Å². The van der Waals surface area contributed by atoms with Crippen LogP contribution in [0.25, 0.3) is 0 Å². The molecule has 1 unspecified atom stereocenters. The monoisotopic (exact) mass is 475 g/mol. The number of hydrogen-bond acceptors (Lipinski definition) is 8. The minimum atomic E-state index is -4.12. The standard InChI is InChI=1S/C18H21NO8S3/c1-26-17-7-6-13(10-18(17)27-2)19-30(24,25)15-5-3-4-14(11-15)29(22,23)16-8-9-28(20,21)12-16/h3-7,10-11,16,19H,8-9,12H2,1-2H3. The fraction of sp³-hybridized carbons (Fsp3) is 0.333. The third-order valence-electron chi connectivity index (χ3n) is 4.71. The summed E-state index contributed by atoms with van der Waals surface area (Å²) in [5.74, 6) is 0.0721. The van der Waals surface area contributed by atoms with Gasteiger partial charge < -0.3 is 9.47 Å². The summed E-state index contributed by atoms with van der Waals surface area (Å²) in [7, 11) is -8.66. The lowest BCUT2D eigenvalue weighted by atomic mass is 10.3. The maximum atomic E-state index is 12.8. The number of sulfonamides is 1. The second-order valence-electron chi connectivity index (χ2n) is 6.72. The molecule has 2 aromatic rings. The Morgan fingerprint density at radius 2 is 1.60 bits per heavy atom. The average Bonchev–Trinajstić information content (AvgIpc) is 3.08. The van der Waals surface area contributed by atoms with Crippen LogP contribution in [0.1, 0.15) is 6.42 Å². The summed E-state index contributed by atoms with van der Waals surface area (Å²) in [6.07, 6.45) is -0.00840. The number of benzene rings is 2. The maximum absolute atomic E-state index is 12.8. The highest BCUT2D eigenvalue weighted by atomic mass is 32.2. The smallest absolute Gasteiger partial charge is 0.261 e. The van der Waals surface area contributed by atoms with E-state index in [9.17, 15) is 25.3 Å². The second-order valence-corrected chi connectivity index (χ2v) is 12.9. The van der Waals surface area contributed by atoms with Gasteiger partial charge in [-0.3, -0.25) is 4.72 Å².